The maximum atomic E-state index is 12.9. The number of hydrogen-bond donors (Lipinski definition) is 1. The highest BCUT2D eigenvalue weighted by molar-refractivity contribution is 7.99. The molecule has 1 saturated heterocycles. The minimum atomic E-state index is -0.291. The van der Waals surface area contributed by atoms with Crippen LogP contribution in [0, 0.1) is 5.82 Å². The monoisotopic (exact) mass is 471 g/mol. The van der Waals surface area contributed by atoms with E-state index in [0.29, 0.717) is 11.6 Å². The van der Waals surface area contributed by atoms with E-state index in [1.165, 1.54) is 23.9 Å². The van der Waals surface area contributed by atoms with Crippen molar-refractivity contribution in [2.45, 2.75) is 11.6 Å². The van der Waals surface area contributed by atoms with Gasteiger partial charge in [-0.15, -0.1) is 10.2 Å². The average Bonchev–Trinajstić information content (AvgIpc) is 2.83. The lowest BCUT2D eigenvalue weighted by Gasteiger charge is -2.36. The molecular formula is C23H23ClFN5OS. The lowest BCUT2D eigenvalue weighted by Crippen LogP contribution is -2.46. The van der Waals surface area contributed by atoms with Gasteiger partial charge in [-0.2, -0.15) is 0 Å². The van der Waals surface area contributed by atoms with E-state index in [1.807, 2.05) is 30.3 Å². The molecule has 0 radical (unpaired) electrons. The fourth-order valence-corrected chi connectivity index (χ4v) is 4.25. The van der Waals surface area contributed by atoms with Crippen LogP contribution in [-0.2, 0) is 11.3 Å². The second-order valence-corrected chi connectivity index (χ2v) is 8.81. The van der Waals surface area contributed by atoms with Gasteiger partial charge in [0.1, 0.15) is 10.8 Å². The molecule has 0 unspecified atom stereocenters. The topological polar surface area (TPSA) is 61.4 Å². The molecule has 6 nitrogen and oxygen atoms in total. The van der Waals surface area contributed by atoms with Gasteiger partial charge in [-0.1, -0.05) is 41.6 Å². The summed E-state index contributed by atoms with van der Waals surface area (Å²) in [7, 11) is 0. The highest BCUT2D eigenvalue weighted by Gasteiger charge is 2.19. The van der Waals surface area contributed by atoms with Gasteiger partial charge in [0.05, 0.1) is 5.75 Å². The highest BCUT2D eigenvalue weighted by Crippen LogP contribution is 2.23. The summed E-state index contributed by atoms with van der Waals surface area (Å²) >= 11 is 7.44. The van der Waals surface area contributed by atoms with Gasteiger partial charge in [0.25, 0.3) is 0 Å². The van der Waals surface area contributed by atoms with E-state index >= 15 is 0 Å². The zero-order valence-electron chi connectivity index (χ0n) is 17.4. The van der Waals surface area contributed by atoms with E-state index in [9.17, 15) is 9.18 Å². The van der Waals surface area contributed by atoms with Crippen LogP contribution >= 0.6 is 23.4 Å². The molecule has 0 aliphatic carbocycles. The molecule has 32 heavy (non-hydrogen) atoms. The number of hydrogen-bond acceptors (Lipinski definition) is 6. The molecule has 0 bridgehead atoms. The van der Waals surface area contributed by atoms with Crippen LogP contribution in [0.5, 0.6) is 0 Å². The maximum Gasteiger partial charge on any atom is 0.230 e. The number of nitrogens with one attached hydrogen (secondary N) is 1. The Morgan fingerprint density at radius 1 is 1.00 bits per heavy atom. The number of anilines is 2. The minimum absolute atomic E-state index is 0.109. The standard InChI is InChI=1S/C23H23ClFN5OS/c24-18-2-1-3-20(14-18)29-10-12-30(13-11-29)21-8-9-23(28-27-21)32-16-22(31)26-15-17-4-6-19(25)7-5-17/h1-9,14H,10-13,15-16H2,(H,26,31). The van der Waals surface area contributed by atoms with Gasteiger partial charge < -0.3 is 15.1 Å². The van der Waals surface area contributed by atoms with Crippen LogP contribution in [0.3, 0.4) is 0 Å². The Kier molecular flexibility index (Phi) is 7.44. The molecule has 166 valence electrons. The number of carbonyl (C=O) groups excluding carboxylic acids is 1. The van der Waals surface area contributed by atoms with Gasteiger partial charge in [0, 0.05) is 43.4 Å². The molecule has 1 aliphatic heterocycles. The first-order valence-electron chi connectivity index (χ1n) is 10.3. The van der Waals surface area contributed by atoms with Crippen LogP contribution in [-0.4, -0.2) is 48.0 Å². The van der Waals surface area contributed by atoms with Gasteiger partial charge in [0.15, 0.2) is 5.82 Å². The van der Waals surface area contributed by atoms with Gasteiger partial charge >= 0.3 is 0 Å². The molecule has 1 amide bonds. The maximum absolute atomic E-state index is 12.9. The molecule has 1 aliphatic rings. The normalized spacial score (nSPS) is 13.8. The third-order valence-corrected chi connectivity index (χ3v) is 6.31. The number of halogens is 2. The summed E-state index contributed by atoms with van der Waals surface area (Å²) in [5.74, 6) is 0.678. The highest BCUT2D eigenvalue weighted by atomic mass is 35.5. The smallest absolute Gasteiger partial charge is 0.230 e. The molecule has 2 heterocycles. The molecule has 4 rings (SSSR count). The third kappa shape index (κ3) is 6.11. The van der Waals surface area contributed by atoms with E-state index in [1.54, 1.807) is 12.1 Å². The SMILES string of the molecule is O=C(CSc1ccc(N2CCN(c3cccc(Cl)c3)CC2)nn1)NCc1ccc(F)cc1. The van der Waals surface area contributed by atoms with Crippen molar-refractivity contribution in [3.05, 3.63) is 77.1 Å². The number of amides is 1. The van der Waals surface area contributed by atoms with Crippen LogP contribution in [0.4, 0.5) is 15.9 Å². The largest absolute Gasteiger partial charge is 0.368 e. The summed E-state index contributed by atoms with van der Waals surface area (Å²) in [6.07, 6.45) is 0. The number of rotatable bonds is 7. The molecule has 0 saturated carbocycles. The fourth-order valence-electron chi connectivity index (χ4n) is 3.42. The van der Waals surface area contributed by atoms with Crippen LogP contribution in [0.15, 0.2) is 65.7 Å². The summed E-state index contributed by atoms with van der Waals surface area (Å²) in [4.78, 5) is 16.6. The summed E-state index contributed by atoms with van der Waals surface area (Å²) in [6, 6.07) is 17.8. The predicted octanol–water partition coefficient (Wildman–Crippen LogP) is 4.00. The van der Waals surface area contributed by atoms with Crippen LogP contribution in [0.1, 0.15) is 5.56 Å². The molecule has 0 spiro atoms. The second-order valence-electron chi connectivity index (χ2n) is 7.38. The Morgan fingerprint density at radius 2 is 1.75 bits per heavy atom. The first-order chi connectivity index (χ1) is 15.6. The van der Waals surface area contributed by atoms with E-state index in [-0.39, 0.29) is 17.5 Å². The lowest BCUT2D eigenvalue weighted by atomic mass is 10.2. The molecule has 3 aromatic rings. The van der Waals surface area contributed by atoms with Crippen molar-refractivity contribution in [1.82, 2.24) is 15.5 Å². The third-order valence-electron chi connectivity index (χ3n) is 5.16. The summed E-state index contributed by atoms with van der Waals surface area (Å²) in [5.41, 5.74) is 1.98. The Hall–Kier alpha value is -2.84. The molecule has 0 atom stereocenters. The van der Waals surface area contributed by atoms with Crippen LogP contribution in [0.2, 0.25) is 5.02 Å². The molecule has 1 fully saturated rings. The van der Waals surface area contributed by atoms with Crippen molar-refractivity contribution in [1.29, 1.82) is 0 Å². The van der Waals surface area contributed by atoms with E-state index in [0.717, 1.165) is 48.3 Å². The van der Waals surface area contributed by atoms with Crippen molar-refractivity contribution in [3.63, 3.8) is 0 Å². The van der Waals surface area contributed by atoms with Gasteiger partial charge in [0.2, 0.25) is 5.91 Å². The van der Waals surface area contributed by atoms with Crippen LogP contribution < -0.4 is 15.1 Å². The summed E-state index contributed by atoms with van der Waals surface area (Å²) in [5, 5.41) is 12.9. The Morgan fingerprint density at radius 3 is 2.44 bits per heavy atom. The number of thioether (sulfide) groups is 1. The van der Waals surface area contributed by atoms with E-state index < -0.39 is 0 Å². The Bertz CT molecular complexity index is 1040. The summed E-state index contributed by atoms with van der Waals surface area (Å²) < 4.78 is 12.9. The van der Waals surface area contributed by atoms with Crippen molar-refractivity contribution < 1.29 is 9.18 Å². The first-order valence-corrected chi connectivity index (χ1v) is 11.7. The van der Waals surface area contributed by atoms with Crippen molar-refractivity contribution in [2.75, 3.05) is 41.7 Å². The molecule has 9 heteroatoms. The minimum Gasteiger partial charge on any atom is -0.368 e. The second kappa shape index (κ2) is 10.7. The number of benzene rings is 2. The number of aromatic nitrogens is 2. The lowest BCUT2D eigenvalue weighted by molar-refractivity contribution is -0.118. The first kappa shape index (κ1) is 22.4. The van der Waals surface area contributed by atoms with Gasteiger partial charge in [-0.3, -0.25) is 4.79 Å². The van der Waals surface area contributed by atoms with Crippen molar-refractivity contribution in [3.8, 4) is 0 Å². The number of piperazine rings is 1. The predicted molar refractivity (Wildman–Crippen MR) is 127 cm³/mol. The fraction of sp³-hybridized carbons (Fsp3) is 0.261. The van der Waals surface area contributed by atoms with Gasteiger partial charge in [-0.25, -0.2) is 4.39 Å². The quantitative estimate of drug-likeness (QED) is 0.525. The zero-order chi connectivity index (χ0) is 22.3. The Balaban J connectivity index is 1.22. The number of carbonyl (C=O) groups is 1. The molecular weight excluding hydrogens is 449 g/mol. The van der Waals surface area contributed by atoms with E-state index in [4.69, 9.17) is 11.6 Å². The Labute approximate surface area is 195 Å². The number of nitrogens with zero attached hydrogens (tertiary/aromatic N) is 4. The average molecular weight is 472 g/mol. The van der Waals surface area contributed by atoms with Crippen molar-refractivity contribution >= 4 is 40.8 Å². The molecule has 2 aromatic carbocycles. The molecule has 1 aromatic heterocycles. The van der Waals surface area contributed by atoms with Crippen molar-refractivity contribution in [2.24, 2.45) is 0 Å². The summed E-state index contributed by atoms with van der Waals surface area (Å²) in [6.45, 7) is 3.82. The zero-order valence-corrected chi connectivity index (χ0v) is 18.9. The van der Waals surface area contributed by atoms with E-state index in [2.05, 4.69) is 31.4 Å². The molecule has 1 N–H and O–H groups in total. The van der Waals surface area contributed by atoms with Gasteiger partial charge in [-0.05, 0) is 48.0 Å². The van der Waals surface area contributed by atoms with Crippen LogP contribution in [0.25, 0.3) is 0 Å².